The number of rotatable bonds is 2. The Bertz CT molecular complexity index is 485. The number of oxazole rings is 1. The number of aryl methyl sites for hydroxylation is 1. The first-order valence-electron chi connectivity index (χ1n) is 4.01. The molecule has 0 aliphatic rings. The summed E-state index contributed by atoms with van der Waals surface area (Å²) < 4.78 is 6.55. The zero-order chi connectivity index (χ0) is 10.3. The zero-order valence-electron chi connectivity index (χ0n) is 7.47. The molecule has 0 fully saturated rings. The second-order valence-electron chi connectivity index (χ2n) is 2.95. The number of carbonyl (C=O) groups is 1. The van der Waals surface area contributed by atoms with E-state index in [-0.39, 0.29) is 0 Å². The molecule has 0 saturated heterocycles. The van der Waals surface area contributed by atoms with Crippen LogP contribution in [0.25, 0.3) is 5.84 Å². The molecule has 2 aromatic rings. The molecule has 14 heavy (non-hydrogen) atoms. The molecule has 2 rings (SSSR count). The normalized spacial score (nSPS) is 13.3. The molecule has 1 atom stereocenters. The van der Waals surface area contributed by atoms with Gasteiger partial charge in [-0.1, -0.05) is 0 Å². The van der Waals surface area contributed by atoms with E-state index in [4.69, 9.17) is 15.3 Å². The average molecular weight is 195 g/mol. The van der Waals surface area contributed by atoms with Crippen molar-refractivity contribution in [3.8, 4) is 0 Å². The highest BCUT2D eigenvalue weighted by Gasteiger charge is 2.22. The third-order valence-electron chi connectivity index (χ3n) is 2.04. The van der Waals surface area contributed by atoms with Crippen molar-refractivity contribution in [2.24, 2.45) is 5.73 Å². The molecule has 0 aliphatic carbocycles. The zero-order valence-corrected chi connectivity index (χ0v) is 7.47. The summed E-state index contributed by atoms with van der Waals surface area (Å²) in [6.45, 7) is 1.70. The molecule has 0 aromatic carbocycles. The molecule has 0 aliphatic heterocycles. The highest BCUT2D eigenvalue weighted by Crippen LogP contribution is 2.18. The van der Waals surface area contributed by atoms with Gasteiger partial charge in [-0.3, -0.25) is 9.20 Å². The molecule has 3 N–H and O–H groups in total. The lowest BCUT2D eigenvalue weighted by Gasteiger charge is -2.05. The van der Waals surface area contributed by atoms with Crippen LogP contribution in [0.3, 0.4) is 0 Å². The Kier molecular flexibility index (Phi) is 1.78. The minimum atomic E-state index is -1.09. The first-order chi connectivity index (χ1) is 6.61. The summed E-state index contributed by atoms with van der Waals surface area (Å²) in [4.78, 5) is 14.7. The monoisotopic (exact) mass is 195 g/mol. The number of hydrogen-bond acceptors (Lipinski definition) is 4. The minimum absolute atomic E-state index is 0.356. The van der Waals surface area contributed by atoms with E-state index in [0.717, 1.165) is 0 Å². The standard InChI is InChI=1S/C8H9N3O3/c1-4-6(5(9)7(12)13)11-2-3-14-8(11)10-4/h2-3,5H,9H2,1H3,(H,12,13). The quantitative estimate of drug-likeness (QED) is 0.719. The van der Waals surface area contributed by atoms with E-state index in [2.05, 4.69) is 4.98 Å². The summed E-state index contributed by atoms with van der Waals surface area (Å²) in [5.41, 5.74) is 6.52. The Labute approximate surface area is 79.0 Å². The second-order valence-corrected chi connectivity index (χ2v) is 2.95. The van der Waals surface area contributed by atoms with Crippen LogP contribution < -0.4 is 5.73 Å². The van der Waals surface area contributed by atoms with Gasteiger partial charge >= 0.3 is 11.8 Å². The maximum atomic E-state index is 10.7. The van der Waals surface area contributed by atoms with Crippen molar-refractivity contribution < 1.29 is 14.3 Å². The van der Waals surface area contributed by atoms with Crippen LogP contribution in [-0.2, 0) is 4.79 Å². The van der Waals surface area contributed by atoms with Crippen molar-refractivity contribution in [1.82, 2.24) is 9.38 Å². The summed E-state index contributed by atoms with van der Waals surface area (Å²) in [5, 5.41) is 8.78. The fraction of sp³-hybridized carbons (Fsp3) is 0.250. The molecule has 74 valence electrons. The van der Waals surface area contributed by atoms with Crippen molar-refractivity contribution in [3.63, 3.8) is 0 Å². The first kappa shape index (κ1) is 8.76. The van der Waals surface area contributed by atoms with Crippen LogP contribution in [0.5, 0.6) is 0 Å². The molecule has 1 unspecified atom stereocenters. The van der Waals surface area contributed by atoms with E-state index in [1.54, 1.807) is 13.1 Å². The Morgan fingerprint density at radius 1 is 1.79 bits per heavy atom. The summed E-state index contributed by atoms with van der Waals surface area (Å²) in [6, 6.07) is -1.08. The molecule has 2 aromatic heterocycles. The lowest BCUT2D eigenvalue weighted by Crippen LogP contribution is -2.22. The Hall–Kier alpha value is -1.82. The van der Waals surface area contributed by atoms with Crippen LogP contribution in [0.4, 0.5) is 0 Å². The number of fused-ring (bicyclic) bond motifs is 1. The van der Waals surface area contributed by atoms with E-state index in [1.807, 2.05) is 0 Å². The molecular formula is C8H9N3O3. The van der Waals surface area contributed by atoms with Gasteiger partial charge in [0.2, 0.25) is 0 Å². The van der Waals surface area contributed by atoms with Crippen molar-refractivity contribution in [3.05, 3.63) is 23.8 Å². The lowest BCUT2D eigenvalue weighted by atomic mass is 10.2. The van der Waals surface area contributed by atoms with Crippen LogP contribution in [-0.4, -0.2) is 20.5 Å². The average Bonchev–Trinajstić information content (AvgIpc) is 2.62. The highest BCUT2D eigenvalue weighted by molar-refractivity contribution is 5.75. The number of aliphatic carboxylic acids is 1. The Morgan fingerprint density at radius 2 is 2.50 bits per heavy atom. The second kappa shape index (κ2) is 2.85. The molecule has 0 amide bonds. The fourth-order valence-electron chi connectivity index (χ4n) is 1.40. The van der Waals surface area contributed by atoms with Gasteiger partial charge in [0.15, 0.2) is 0 Å². The maximum Gasteiger partial charge on any atom is 0.326 e. The third-order valence-corrected chi connectivity index (χ3v) is 2.04. The molecule has 6 heteroatoms. The van der Waals surface area contributed by atoms with Crippen LogP contribution in [0.2, 0.25) is 0 Å². The summed E-state index contributed by atoms with van der Waals surface area (Å²) >= 11 is 0. The van der Waals surface area contributed by atoms with Gasteiger partial charge in [-0.2, -0.15) is 4.98 Å². The predicted molar refractivity (Wildman–Crippen MR) is 46.8 cm³/mol. The molecule has 2 heterocycles. The van der Waals surface area contributed by atoms with Gasteiger partial charge in [0.25, 0.3) is 0 Å². The van der Waals surface area contributed by atoms with Crippen molar-refractivity contribution >= 4 is 11.8 Å². The van der Waals surface area contributed by atoms with E-state index >= 15 is 0 Å². The van der Waals surface area contributed by atoms with E-state index in [9.17, 15) is 4.79 Å². The fourth-order valence-corrected chi connectivity index (χ4v) is 1.40. The van der Waals surface area contributed by atoms with E-state index < -0.39 is 12.0 Å². The van der Waals surface area contributed by atoms with Crippen molar-refractivity contribution in [2.75, 3.05) is 0 Å². The van der Waals surface area contributed by atoms with Gasteiger partial charge in [0.05, 0.1) is 11.4 Å². The van der Waals surface area contributed by atoms with Crippen LogP contribution in [0.1, 0.15) is 17.4 Å². The largest absolute Gasteiger partial charge is 0.480 e. The number of imidazole rings is 1. The molecule has 0 bridgehead atoms. The van der Waals surface area contributed by atoms with Crippen LogP contribution >= 0.6 is 0 Å². The van der Waals surface area contributed by atoms with Gasteiger partial charge in [-0.25, -0.2) is 0 Å². The Morgan fingerprint density at radius 3 is 3.14 bits per heavy atom. The number of hydrogen-bond donors (Lipinski definition) is 2. The number of nitrogens with zero attached hydrogens (tertiary/aromatic N) is 2. The number of carboxylic acids is 1. The van der Waals surface area contributed by atoms with Gasteiger partial charge in [-0.15, -0.1) is 0 Å². The van der Waals surface area contributed by atoms with Gasteiger partial charge in [-0.05, 0) is 6.92 Å². The van der Waals surface area contributed by atoms with Gasteiger partial charge in [0, 0.05) is 6.20 Å². The molecular weight excluding hydrogens is 186 g/mol. The lowest BCUT2D eigenvalue weighted by molar-refractivity contribution is -0.138. The van der Waals surface area contributed by atoms with Crippen molar-refractivity contribution in [2.45, 2.75) is 13.0 Å². The molecule has 0 spiro atoms. The summed E-state index contributed by atoms with van der Waals surface area (Å²) in [7, 11) is 0. The topological polar surface area (TPSA) is 93.8 Å². The smallest absolute Gasteiger partial charge is 0.326 e. The highest BCUT2D eigenvalue weighted by atomic mass is 16.4. The SMILES string of the molecule is Cc1nc2occn2c1C(N)C(=O)O. The summed E-state index contributed by atoms with van der Waals surface area (Å²) in [5.74, 6) is -0.731. The third kappa shape index (κ3) is 1.08. The van der Waals surface area contributed by atoms with E-state index in [1.165, 1.54) is 10.7 Å². The predicted octanol–water partition coefficient (Wildman–Crippen LogP) is 0.320. The van der Waals surface area contributed by atoms with Crippen LogP contribution in [0.15, 0.2) is 16.9 Å². The first-order valence-corrected chi connectivity index (χ1v) is 4.01. The Balaban J connectivity index is 2.64. The minimum Gasteiger partial charge on any atom is -0.480 e. The molecule has 0 radical (unpaired) electrons. The van der Waals surface area contributed by atoms with Crippen LogP contribution in [0, 0.1) is 6.92 Å². The number of carboxylic acid groups (broad SMARTS) is 1. The van der Waals surface area contributed by atoms with Gasteiger partial charge < -0.3 is 15.3 Å². The van der Waals surface area contributed by atoms with Crippen molar-refractivity contribution in [1.29, 1.82) is 0 Å². The van der Waals surface area contributed by atoms with E-state index in [0.29, 0.717) is 17.2 Å². The molecule has 0 saturated carbocycles. The summed E-state index contributed by atoms with van der Waals surface area (Å²) in [6.07, 6.45) is 3.02. The number of aromatic nitrogens is 2. The number of nitrogens with two attached hydrogens (primary N) is 1. The van der Waals surface area contributed by atoms with Gasteiger partial charge in [0.1, 0.15) is 12.3 Å². The molecule has 6 nitrogen and oxygen atoms in total. The maximum absolute atomic E-state index is 10.7.